The van der Waals surface area contributed by atoms with Gasteiger partial charge in [-0.25, -0.2) is 13.4 Å². The van der Waals surface area contributed by atoms with Crippen LogP contribution in [0, 0.1) is 5.92 Å². The predicted molar refractivity (Wildman–Crippen MR) is 86.1 cm³/mol. The fourth-order valence-corrected chi connectivity index (χ4v) is 4.92. The second-order valence-electron chi connectivity index (χ2n) is 5.40. The van der Waals surface area contributed by atoms with E-state index in [2.05, 4.69) is 15.3 Å². The molecule has 0 bridgehead atoms. The van der Waals surface area contributed by atoms with Gasteiger partial charge in [-0.2, -0.15) is 0 Å². The first-order valence-corrected chi connectivity index (χ1v) is 9.67. The van der Waals surface area contributed by atoms with Gasteiger partial charge in [-0.1, -0.05) is 0 Å². The third kappa shape index (κ3) is 3.67. The molecule has 0 unspecified atom stereocenters. The van der Waals surface area contributed by atoms with Gasteiger partial charge in [-0.05, 0) is 24.5 Å². The van der Waals surface area contributed by atoms with Crippen LogP contribution >= 0.6 is 11.3 Å². The van der Waals surface area contributed by atoms with Crippen molar-refractivity contribution in [3.05, 3.63) is 29.4 Å². The zero-order chi connectivity index (χ0) is 16.4. The Balaban J connectivity index is 1.58. The zero-order valence-corrected chi connectivity index (χ0v) is 13.7. The van der Waals surface area contributed by atoms with Gasteiger partial charge in [0.2, 0.25) is 5.88 Å². The lowest BCUT2D eigenvalue weighted by Crippen LogP contribution is -2.38. The van der Waals surface area contributed by atoms with E-state index >= 15 is 0 Å². The molecule has 0 atom stereocenters. The molecule has 3 rings (SSSR count). The molecule has 1 amide bonds. The molecular formula is C14H15N3O4S2. The van der Waals surface area contributed by atoms with Crippen LogP contribution in [0.4, 0.5) is 0 Å². The number of aromatic hydroxyl groups is 1. The van der Waals surface area contributed by atoms with E-state index < -0.39 is 15.7 Å². The van der Waals surface area contributed by atoms with Crippen molar-refractivity contribution in [1.29, 1.82) is 0 Å². The number of carbonyl (C=O) groups is 1. The third-order valence-electron chi connectivity index (χ3n) is 3.54. The summed E-state index contributed by atoms with van der Waals surface area (Å²) in [7, 11) is -2.83. The van der Waals surface area contributed by atoms with Gasteiger partial charge >= 0.3 is 0 Å². The maximum atomic E-state index is 12.1. The van der Waals surface area contributed by atoms with Gasteiger partial charge in [0.25, 0.3) is 5.91 Å². The number of sulfone groups is 1. The summed E-state index contributed by atoms with van der Waals surface area (Å²) < 4.78 is 22.1. The van der Waals surface area contributed by atoms with Crippen LogP contribution in [0.1, 0.15) is 16.1 Å². The van der Waals surface area contributed by atoms with Gasteiger partial charge in [0.1, 0.15) is 5.01 Å². The molecular weight excluding hydrogens is 338 g/mol. The molecule has 23 heavy (non-hydrogen) atoms. The summed E-state index contributed by atoms with van der Waals surface area (Å²) >= 11 is 1.09. The average Bonchev–Trinajstić information content (AvgIpc) is 2.88. The summed E-state index contributed by atoms with van der Waals surface area (Å²) in [6.07, 6.45) is 3.85. The Labute approximate surface area is 137 Å². The molecule has 7 nitrogen and oxygen atoms in total. The van der Waals surface area contributed by atoms with Crippen LogP contribution in [0.2, 0.25) is 0 Å². The minimum atomic E-state index is -2.83. The SMILES string of the molecule is O=C(NCCC1CS(=O)(=O)C1)c1sc(-c2cccnc2)nc1O. The van der Waals surface area contributed by atoms with Crippen LogP contribution in [-0.4, -0.2) is 47.4 Å². The molecule has 2 aromatic heterocycles. The van der Waals surface area contributed by atoms with E-state index in [1.54, 1.807) is 24.5 Å². The van der Waals surface area contributed by atoms with Crippen molar-refractivity contribution in [3.63, 3.8) is 0 Å². The minimum absolute atomic E-state index is 0.112. The van der Waals surface area contributed by atoms with Crippen molar-refractivity contribution >= 4 is 27.1 Å². The van der Waals surface area contributed by atoms with Crippen LogP contribution < -0.4 is 5.32 Å². The fourth-order valence-electron chi connectivity index (χ4n) is 2.38. The molecule has 1 aliphatic heterocycles. The molecule has 3 heterocycles. The number of thiazole rings is 1. The van der Waals surface area contributed by atoms with Crippen molar-refractivity contribution < 1.29 is 18.3 Å². The highest BCUT2D eigenvalue weighted by Gasteiger charge is 2.32. The Kier molecular flexibility index (Phi) is 4.31. The Morgan fingerprint density at radius 1 is 1.43 bits per heavy atom. The standard InChI is InChI=1S/C14H15N3O4S2/c18-12(16-5-3-9-7-23(20,21)8-9)11-13(19)17-14(22-11)10-2-1-4-15-6-10/h1-2,4,6,9,19H,3,5,7-8H2,(H,16,18). The van der Waals surface area contributed by atoms with E-state index in [0.29, 0.717) is 18.0 Å². The topological polar surface area (TPSA) is 109 Å². The van der Waals surface area contributed by atoms with Crippen LogP contribution in [-0.2, 0) is 9.84 Å². The summed E-state index contributed by atoms with van der Waals surface area (Å²) in [5, 5.41) is 13.0. The highest BCUT2D eigenvalue weighted by Crippen LogP contribution is 2.31. The highest BCUT2D eigenvalue weighted by molar-refractivity contribution is 7.92. The quantitative estimate of drug-likeness (QED) is 0.832. The predicted octanol–water partition coefficient (Wildman–Crippen LogP) is 1.08. The van der Waals surface area contributed by atoms with Gasteiger partial charge in [-0.15, -0.1) is 11.3 Å². The van der Waals surface area contributed by atoms with Crippen molar-refractivity contribution in [2.45, 2.75) is 6.42 Å². The number of aromatic nitrogens is 2. The second-order valence-corrected chi connectivity index (χ2v) is 8.55. The first-order valence-electron chi connectivity index (χ1n) is 7.03. The average molecular weight is 353 g/mol. The lowest BCUT2D eigenvalue weighted by Gasteiger charge is -2.25. The van der Waals surface area contributed by atoms with Gasteiger partial charge in [0.15, 0.2) is 14.7 Å². The van der Waals surface area contributed by atoms with Crippen molar-refractivity contribution in [2.24, 2.45) is 5.92 Å². The minimum Gasteiger partial charge on any atom is -0.492 e. The molecule has 2 aromatic rings. The summed E-state index contributed by atoms with van der Waals surface area (Å²) in [6, 6.07) is 3.55. The number of pyridine rings is 1. The molecule has 1 aliphatic rings. The van der Waals surface area contributed by atoms with E-state index in [-0.39, 0.29) is 28.2 Å². The van der Waals surface area contributed by atoms with Gasteiger partial charge in [0.05, 0.1) is 11.5 Å². The smallest absolute Gasteiger partial charge is 0.267 e. The Morgan fingerprint density at radius 3 is 2.87 bits per heavy atom. The number of rotatable bonds is 5. The molecule has 0 aromatic carbocycles. The first kappa shape index (κ1) is 15.9. The van der Waals surface area contributed by atoms with E-state index in [9.17, 15) is 18.3 Å². The molecule has 0 aliphatic carbocycles. The fraction of sp³-hybridized carbons (Fsp3) is 0.357. The first-order chi connectivity index (χ1) is 10.9. The maximum Gasteiger partial charge on any atom is 0.267 e. The Morgan fingerprint density at radius 2 is 2.22 bits per heavy atom. The number of hydrogen-bond donors (Lipinski definition) is 2. The van der Waals surface area contributed by atoms with Crippen LogP contribution in [0.5, 0.6) is 5.88 Å². The number of nitrogens with one attached hydrogen (secondary N) is 1. The van der Waals surface area contributed by atoms with Gasteiger partial charge in [0, 0.05) is 24.5 Å². The van der Waals surface area contributed by atoms with Gasteiger partial charge in [-0.3, -0.25) is 9.78 Å². The van der Waals surface area contributed by atoms with E-state index in [1.165, 1.54) is 0 Å². The molecule has 1 saturated heterocycles. The highest BCUT2D eigenvalue weighted by atomic mass is 32.2. The molecule has 1 fully saturated rings. The zero-order valence-electron chi connectivity index (χ0n) is 12.1. The van der Waals surface area contributed by atoms with Crippen molar-refractivity contribution in [3.8, 4) is 16.5 Å². The monoisotopic (exact) mass is 353 g/mol. The van der Waals surface area contributed by atoms with Crippen molar-refractivity contribution in [2.75, 3.05) is 18.1 Å². The van der Waals surface area contributed by atoms with Crippen molar-refractivity contribution in [1.82, 2.24) is 15.3 Å². The Hall–Kier alpha value is -2.00. The molecule has 0 radical (unpaired) electrons. The van der Waals surface area contributed by atoms with E-state index in [4.69, 9.17) is 0 Å². The lowest BCUT2D eigenvalue weighted by molar-refractivity contribution is 0.0953. The van der Waals surface area contributed by atoms with Crippen LogP contribution in [0.25, 0.3) is 10.6 Å². The maximum absolute atomic E-state index is 12.1. The van der Waals surface area contributed by atoms with E-state index in [0.717, 1.165) is 16.9 Å². The van der Waals surface area contributed by atoms with E-state index in [1.807, 2.05) is 0 Å². The summed E-state index contributed by atoms with van der Waals surface area (Å²) in [4.78, 5) is 20.2. The van der Waals surface area contributed by atoms with Crippen LogP contribution in [0.3, 0.4) is 0 Å². The number of carbonyl (C=O) groups excluding carboxylic acids is 1. The Bertz CT molecular complexity index is 806. The molecule has 9 heteroatoms. The molecule has 0 saturated carbocycles. The van der Waals surface area contributed by atoms with Gasteiger partial charge < -0.3 is 10.4 Å². The molecule has 0 spiro atoms. The second kappa shape index (κ2) is 6.25. The normalized spacial score (nSPS) is 16.7. The summed E-state index contributed by atoms with van der Waals surface area (Å²) in [6.45, 7) is 0.374. The number of hydrogen-bond acceptors (Lipinski definition) is 7. The molecule has 2 N–H and O–H groups in total. The summed E-state index contributed by atoms with van der Waals surface area (Å²) in [5.41, 5.74) is 0.728. The number of amides is 1. The van der Waals surface area contributed by atoms with Crippen LogP contribution in [0.15, 0.2) is 24.5 Å². The largest absolute Gasteiger partial charge is 0.492 e. The third-order valence-corrected chi connectivity index (χ3v) is 6.59. The molecule has 122 valence electrons. The summed E-state index contributed by atoms with van der Waals surface area (Å²) in [5.74, 6) is -0.212. The lowest BCUT2D eigenvalue weighted by atomic mass is 10.1. The number of nitrogens with zero attached hydrogens (tertiary/aromatic N) is 2.